The van der Waals surface area contributed by atoms with Crippen molar-refractivity contribution in [2.75, 3.05) is 16.8 Å². The quantitative estimate of drug-likeness (QED) is 0.818. The lowest BCUT2D eigenvalue weighted by Crippen LogP contribution is -2.56. The molecule has 1 aromatic rings. The normalized spacial score (nSPS) is 18.0. The number of amides is 1. The summed E-state index contributed by atoms with van der Waals surface area (Å²) < 4.78 is 0. The van der Waals surface area contributed by atoms with Gasteiger partial charge in [0.25, 0.3) is 0 Å². The fourth-order valence-electron chi connectivity index (χ4n) is 1.95. The summed E-state index contributed by atoms with van der Waals surface area (Å²) in [5, 5.41) is 3.35. The van der Waals surface area contributed by atoms with Crippen LogP contribution in [0.4, 0.5) is 11.5 Å². The summed E-state index contributed by atoms with van der Waals surface area (Å²) in [5.74, 6) is 0.738. The van der Waals surface area contributed by atoms with E-state index < -0.39 is 5.54 Å². The van der Waals surface area contributed by atoms with Gasteiger partial charge in [0.1, 0.15) is 5.54 Å². The molecule has 2 rings (SSSR count). The summed E-state index contributed by atoms with van der Waals surface area (Å²) in [5.41, 5.74) is 0.0986. The third-order valence-electron chi connectivity index (χ3n) is 2.88. The molecule has 1 aliphatic heterocycles. The summed E-state index contributed by atoms with van der Waals surface area (Å²) >= 11 is 5.85. The lowest BCUT2D eigenvalue weighted by atomic mass is 9.98. The second-order valence-electron chi connectivity index (χ2n) is 4.28. The third-order valence-corrected chi connectivity index (χ3v) is 3.09. The zero-order valence-corrected chi connectivity index (χ0v) is 10.3. The Morgan fingerprint density at radius 3 is 2.88 bits per heavy atom. The minimum absolute atomic E-state index is 0.0362. The predicted octanol–water partition coefficient (Wildman–Crippen LogP) is 2.29. The highest BCUT2D eigenvalue weighted by molar-refractivity contribution is 6.31. The zero-order valence-electron chi connectivity index (χ0n) is 9.54. The number of carbonyl (C=O) groups excluding carboxylic acids is 1. The van der Waals surface area contributed by atoms with Crippen LogP contribution in [0.2, 0.25) is 5.02 Å². The van der Waals surface area contributed by atoms with Crippen LogP contribution in [-0.2, 0) is 4.79 Å². The molecule has 0 spiro atoms. The molecule has 0 atom stereocenters. The lowest BCUT2D eigenvalue weighted by molar-refractivity contribution is -0.120. The smallest absolute Gasteiger partial charge is 0.249 e. The van der Waals surface area contributed by atoms with Gasteiger partial charge in [-0.15, -0.1) is 0 Å². The number of aromatic nitrogens is 1. The number of carbonyl (C=O) groups is 1. The summed E-state index contributed by atoms with van der Waals surface area (Å²) in [6, 6.07) is 1.72. The van der Waals surface area contributed by atoms with Crippen molar-refractivity contribution in [1.29, 1.82) is 0 Å². The van der Waals surface area contributed by atoms with Gasteiger partial charge >= 0.3 is 0 Å². The highest BCUT2D eigenvalue weighted by Crippen LogP contribution is 2.35. The van der Waals surface area contributed by atoms with Gasteiger partial charge in [0, 0.05) is 12.7 Å². The highest BCUT2D eigenvalue weighted by Gasteiger charge is 2.40. The molecule has 0 aromatic carbocycles. The summed E-state index contributed by atoms with van der Waals surface area (Å²) in [6.07, 6.45) is 1.59. The molecular formula is C11H14ClN3O. The molecule has 5 heteroatoms. The fourth-order valence-corrected chi connectivity index (χ4v) is 2.10. The van der Waals surface area contributed by atoms with Crippen molar-refractivity contribution in [3.8, 4) is 0 Å². The van der Waals surface area contributed by atoms with E-state index in [0.29, 0.717) is 10.7 Å². The summed E-state index contributed by atoms with van der Waals surface area (Å²) in [6.45, 7) is 6.48. The number of anilines is 2. The Morgan fingerprint density at radius 1 is 1.56 bits per heavy atom. The van der Waals surface area contributed by atoms with Gasteiger partial charge in [-0.3, -0.25) is 4.79 Å². The van der Waals surface area contributed by atoms with Crippen LogP contribution in [0.5, 0.6) is 0 Å². The monoisotopic (exact) mass is 239 g/mol. The molecule has 1 aromatic heterocycles. The van der Waals surface area contributed by atoms with E-state index in [9.17, 15) is 4.79 Å². The van der Waals surface area contributed by atoms with Gasteiger partial charge in [-0.1, -0.05) is 11.6 Å². The molecule has 0 saturated heterocycles. The van der Waals surface area contributed by atoms with E-state index in [1.807, 2.05) is 25.7 Å². The molecule has 16 heavy (non-hydrogen) atoms. The number of fused-ring (bicyclic) bond motifs is 1. The predicted molar refractivity (Wildman–Crippen MR) is 65.0 cm³/mol. The van der Waals surface area contributed by atoms with Crippen LogP contribution >= 0.6 is 11.6 Å². The van der Waals surface area contributed by atoms with Crippen LogP contribution in [0.3, 0.4) is 0 Å². The number of halogens is 1. The van der Waals surface area contributed by atoms with Crippen molar-refractivity contribution in [3.63, 3.8) is 0 Å². The average molecular weight is 240 g/mol. The molecule has 1 N–H and O–H groups in total. The first-order chi connectivity index (χ1) is 7.46. The molecule has 0 bridgehead atoms. The Balaban J connectivity index is 2.56. The molecule has 2 heterocycles. The molecule has 0 saturated carbocycles. The first kappa shape index (κ1) is 11.2. The van der Waals surface area contributed by atoms with Gasteiger partial charge in [0.05, 0.1) is 10.7 Å². The maximum atomic E-state index is 11.9. The zero-order chi connectivity index (χ0) is 11.9. The van der Waals surface area contributed by atoms with E-state index in [2.05, 4.69) is 10.3 Å². The molecule has 0 fully saturated rings. The number of nitrogens with zero attached hydrogens (tertiary/aromatic N) is 2. The highest BCUT2D eigenvalue weighted by atomic mass is 35.5. The average Bonchev–Trinajstić information content (AvgIpc) is 2.20. The van der Waals surface area contributed by atoms with Crippen molar-refractivity contribution < 1.29 is 4.79 Å². The van der Waals surface area contributed by atoms with Crippen LogP contribution in [0.25, 0.3) is 0 Å². The van der Waals surface area contributed by atoms with E-state index in [4.69, 9.17) is 11.6 Å². The molecule has 86 valence electrons. The summed E-state index contributed by atoms with van der Waals surface area (Å²) in [4.78, 5) is 18.2. The maximum Gasteiger partial charge on any atom is 0.249 e. The van der Waals surface area contributed by atoms with Crippen molar-refractivity contribution in [1.82, 2.24) is 4.98 Å². The van der Waals surface area contributed by atoms with Crippen molar-refractivity contribution in [3.05, 3.63) is 17.3 Å². The first-order valence-electron chi connectivity index (χ1n) is 5.21. The largest absolute Gasteiger partial charge is 0.341 e. The Labute approximate surface area is 99.6 Å². The number of hydrogen-bond acceptors (Lipinski definition) is 3. The van der Waals surface area contributed by atoms with Crippen molar-refractivity contribution in [2.24, 2.45) is 0 Å². The molecule has 0 radical (unpaired) electrons. The van der Waals surface area contributed by atoms with Crippen molar-refractivity contribution in [2.45, 2.75) is 26.3 Å². The first-order valence-corrected chi connectivity index (χ1v) is 5.59. The summed E-state index contributed by atoms with van der Waals surface area (Å²) in [7, 11) is 0. The number of hydrogen-bond donors (Lipinski definition) is 1. The third kappa shape index (κ3) is 1.53. The van der Waals surface area contributed by atoms with E-state index in [1.54, 1.807) is 12.3 Å². The number of likely N-dealkylation sites (N-methyl/N-ethyl adjacent to an activating group) is 1. The minimum Gasteiger partial charge on any atom is -0.341 e. The molecule has 4 nitrogen and oxygen atoms in total. The van der Waals surface area contributed by atoms with E-state index in [1.165, 1.54) is 0 Å². The Hall–Kier alpha value is -1.29. The number of rotatable bonds is 1. The Morgan fingerprint density at radius 2 is 2.25 bits per heavy atom. The van der Waals surface area contributed by atoms with Crippen LogP contribution in [0, 0.1) is 0 Å². The van der Waals surface area contributed by atoms with Crippen molar-refractivity contribution >= 4 is 29.0 Å². The van der Waals surface area contributed by atoms with E-state index in [0.717, 1.165) is 12.4 Å². The Kier molecular flexibility index (Phi) is 2.54. The molecule has 1 amide bonds. The SMILES string of the molecule is CCN1c2ncc(Cl)cc2NC(=O)C1(C)C. The molecular weight excluding hydrogens is 226 g/mol. The molecule has 0 aliphatic carbocycles. The van der Waals surface area contributed by atoms with Gasteiger partial charge in [-0.05, 0) is 26.8 Å². The minimum atomic E-state index is -0.581. The van der Waals surface area contributed by atoms with Crippen LogP contribution < -0.4 is 10.2 Å². The van der Waals surface area contributed by atoms with Crippen LogP contribution in [-0.4, -0.2) is 23.0 Å². The molecule has 1 aliphatic rings. The van der Waals surface area contributed by atoms with Gasteiger partial charge in [-0.25, -0.2) is 4.98 Å². The number of nitrogens with one attached hydrogen (secondary N) is 1. The van der Waals surface area contributed by atoms with Gasteiger partial charge in [0.2, 0.25) is 5.91 Å². The Bertz CT molecular complexity index is 445. The fraction of sp³-hybridized carbons (Fsp3) is 0.455. The second kappa shape index (κ2) is 3.63. The van der Waals surface area contributed by atoms with E-state index >= 15 is 0 Å². The topological polar surface area (TPSA) is 45.2 Å². The maximum absolute atomic E-state index is 11.9. The lowest BCUT2D eigenvalue weighted by Gasteiger charge is -2.42. The number of pyridine rings is 1. The van der Waals surface area contributed by atoms with Crippen LogP contribution in [0.15, 0.2) is 12.3 Å². The molecule has 0 unspecified atom stereocenters. The van der Waals surface area contributed by atoms with Gasteiger partial charge in [0.15, 0.2) is 5.82 Å². The second-order valence-corrected chi connectivity index (χ2v) is 4.72. The van der Waals surface area contributed by atoms with Gasteiger partial charge < -0.3 is 10.2 Å². The standard InChI is InChI=1S/C11H14ClN3O/c1-4-15-9-8(5-7(12)6-13-9)14-10(16)11(15,2)3/h5-6H,4H2,1-3H3,(H,14,16). The van der Waals surface area contributed by atoms with E-state index in [-0.39, 0.29) is 5.91 Å². The van der Waals surface area contributed by atoms with Crippen LogP contribution in [0.1, 0.15) is 20.8 Å². The van der Waals surface area contributed by atoms with Gasteiger partial charge in [-0.2, -0.15) is 0 Å².